The van der Waals surface area contributed by atoms with Gasteiger partial charge in [-0.2, -0.15) is 11.3 Å². The molecule has 0 spiro atoms. The Hall–Kier alpha value is -4.67. The van der Waals surface area contributed by atoms with E-state index in [9.17, 15) is 0 Å². The Morgan fingerprint density at radius 3 is 2.22 bits per heavy atom. The smallest absolute Gasteiger partial charge is 0.143 e. The minimum absolute atomic E-state index is 0. The second-order valence-corrected chi connectivity index (χ2v) is 11.4. The van der Waals surface area contributed by atoms with Crippen LogP contribution in [0.3, 0.4) is 0 Å². The molecule has 0 aliphatic rings. The van der Waals surface area contributed by atoms with Gasteiger partial charge in [0.1, 0.15) is 11.2 Å². The Kier molecular flexibility index (Phi) is 6.09. The van der Waals surface area contributed by atoms with E-state index in [0.717, 1.165) is 65.0 Å². The zero-order chi connectivity index (χ0) is 34.6. The van der Waals surface area contributed by atoms with Gasteiger partial charge in [-0.15, -0.1) is 59.7 Å². The summed E-state index contributed by atoms with van der Waals surface area (Å²) in [6, 6.07) is 41.0. The molecule has 5 aromatic carbocycles. The zero-order valence-electron chi connectivity index (χ0n) is 29.6. The number of benzene rings is 5. The molecule has 9 rings (SSSR count). The molecule has 45 heavy (non-hydrogen) atoms. The Bertz CT molecular complexity index is 2680. The molecule has 5 heteroatoms. The third-order valence-electron chi connectivity index (χ3n) is 7.70. The summed E-state index contributed by atoms with van der Waals surface area (Å²) in [6.07, 6.45) is 2.95. The molecule has 4 aromatic heterocycles. The minimum Gasteiger partial charge on any atom is -0.455 e. The van der Waals surface area contributed by atoms with Gasteiger partial charge in [-0.1, -0.05) is 59.5 Å². The number of para-hydroxylation sites is 1. The Labute approximate surface area is 287 Å². The summed E-state index contributed by atoms with van der Waals surface area (Å²) in [5.41, 5.74) is 5.36. The largest absolute Gasteiger partial charge is 0.455 e. The van der Waals surface area contributed by atoms with Gasteiger partial charge in [-0.3, -0.25) is 0 Å². The summed E-state index contributed by atoms with van der Waals surface area (Å²) in [5.74, 6) is 0. The first kappa shape index (κ1) is 22.8. The van der Waals surface area contributed by atoms with Crippen LogP contribution in [0.1, 0.15) is 19.4 Å². The summed E-state index contributed by atoms with van der Waals surface area (Å²) >= 11 is 1.69. The molecule has 0 N–H and O–H groups in total. The molecule has 0 bridgehead atoms. The van der Waals surface area contributed by atoms with Crippen LogP contribution in [0, 0.1) is 25.8 Å². The number of fused-ring (bicyclic) bond motifs is 9. The van der Waals surface area contributed by atoms with Crippen LogP contribution in [0.5, 0.6) is 0 Å². The van der Waals surface area contributed by atoms with Crippen LogP contribution in [0.4, 0.5) is 0 Å². The molecule has 0 saturated carbocycles. The second-order valence-electron chi connectivity index (χ2n) is 10.4. The van der Waals surface area contributed by atoms with Crippen molar-refractivity contribution in [2.75, 3.05) is 0 Å². The van der Waals surface area contributed by atoms with E-state index in [1.54, 1.807) is 47.9 Å². The number of pyridine rings is 2. The van der Waals surface area contributed by atoms with Crippen molar-refractivity contribution in [2.24, 2.45) is 0 Å². The van der Waals surface area contributed by atoms with E-state index in [2.05, 4.69) is 58.5 Å². The molecule has 0 atom stereocenters. The van der Waals surface area contributed by atoms with Gasteiger partial charge < -0.3 is 14.4 Å². The van der Waals surface area contributed by atoms with E-state index in [1.165, 1.54) is 10.9 Å². The maximum Gasteiger partial charge on any atom is 0.143 e. The molecule has 0 aliphatic heterocycles. The molecule has 4 heterocycles. The maximum atomic E-state index is 7.77. The fraction of sp³-hybridized carbons (Fsp3) is 0.0500. The number of hydrogen-bond donors (Lipinski definition) is 0. The first-order chi connectivity index (χ1) is 24.1. The molecule has 0 amide bonds. The first-order valence-electron chi connectivity index (χ1n) is 17.1. The number of nitrogens with zero attached hydrogens (tertiary/aromatic N) is 2. The van der Waals surface area contributed by atoms with Gasteiger partial charge in [0.2, 0.25) is 0 Å². The van der Waals surface area contributed by atoms with Crippen LogP contribution >= 0.6 is 11.3 Å². The summed E-state index contributed by atoms with van der Waals surface area (Å²) < 4.78 is 53.5. The van der Waals surface area contributed by atoms with Crippen LogP contribution in [-0.2, 0) is 20.1 Å². The van der Waals surface area contributed by atoms with Crippen molar-refractivity contribution in [2.45, 2.75) is 13.7 Å². The van der Waals surface area contributed by atoms with Gasteiger partial charge in [0.05, 0.1) is 0 Å². The van der Waals surface area contributed by atoms with Gasteiger partial charge in [-0.25, -0.2) is 0 Å². The minimum atomic E-state index is -2.18. The van der Waals surface area contributed by atoms with Gasteiger partial charge in [0, 0.05) is 67.0 Å². The number of hydrogen-bond acceptors (Lipinski definition) is 4. The zero-order valence-corrected chi connectivity index (χ0v) is 26.8. The van der Waals surface area contributed by atoms with Crippen LogP contribution in [0.2, 0.25) is 0 Å². The maximum absolute atomic E-state index is 7.77. The molecule has 3 nitrogen and oxygen atoms in total. The van der Waals surface area contributed by atoms with Crippen molar-refractivity contribution in [3.8, 4) is 22.5 Å². The molecule has 0 saturated heterocycles. The van der Waals surface area contributed by atoms with Gasteiger partial charge >= 0.3 is 0 Å². The number of thiophene rings is 1. The van der Waals surface area contributed by atoms with Crippen molar-refractivity contribution in [3.63, 3.8) is 0 Å². The van der Waals surface area contributed by atoms with Crippen molar-refractivity contribution in [1.29, 1.82) is 0 Å². The van der Waals surface area contributed by atoms with E-state index >= 15 is 0 Å². The first-order valence-corrected chi connectivity index (χ1v) is 14.9. The molecule has 9 aromatic rings. The van der Waals surface area contributed by atoms with Crippen LogP contribution in [-0.4, -0.2) is 9.97 Å². The summed E-state index contributed by atoms with van der Waals surface area (Å²) in [6.45, 7) is -4.27. The normalized spacial score (nSPS) is 13.7. The standard InChI is InChI=1S/C28H16NOS.C12H10N.Ir/c1-16-13-14-29-24(15-16)23-7-4-6-20-22-12-10-19-21(27(22)31-28(20)23)11-9-18-17-5-2-3-8-25(17)30-26(18)19;1-10-7-8-12(13-9-10)11-5-3-2-4-6-11;/h2-6,8-15H,1H3;2-5,7-9H,1H3;/q2*-1;/i2*1D3;. The third kappa shape index (κ3) is 5.23. The molecular formula is C40H26IrN2OS-2. The van der Waals surface area contributed by atoms with E-state index in [1.807, 2.05) is 42.5 Å². The van der Waals surface area contributed by atoms with E-state index in [4.69, 9.17) is 12.6 Å². The Balaban J connectivity index is 0.000000202. The third-order valence-corrected chi connectivity index (χ3v) is 8.97. The van der Waals surface area contributed by atoms with Gasteiger partial charge in [0.15, 0.2) is 0 Å². The van der Waals surface area contributed by atoms with E-state index in [-0.39, 0.29) is 31.2 Å². The molecule has 1 radical (unpaired) electrons. The van der Waals surface area contributed by atoms with Crippen molar-refractivity contribution >= 4 is 64.2 Å². The number of furan rings is 1. The fourth-order valence-corrected chi connectivity index (χ4v) is 6.98. The second kappa shape index (κ2) is 12.0. The number of aryl methyl sites for hydroxylation is 2. The summed E-state index contributed by atoms with van der Waals surface area (Å²) in [7, 11) is 0. The fourth-order valence-electron chi connectivity index (χ4n) is 5.65. The van der Waals surface area contributed by atoms with Crippen molar-refractivity contribution < 1.29 is 32.7 Å². The summed E-state index contributed by atoms with van der Waals surface area (Å²) in [4.78, 5) is 8.61. The quantitative estimate of drug-likeness (QED) is 0.164. The van der Waals surface area contributed by atoms with E-state index < -0.39 is 13.7 Å². The average molecular weight is 781 g/mol. The Morgan fingerprint density at radius 1 is 0.644 bits per heavy atom. The number of rotatable bonds is 2. The van der Waals surface area contributed by atoms with Gasteiger partial charge in [0.25, 0.3) is 0 Å². The topological polar surface area (TPSA) is 38.9 Å². The molecule has 0 fully saturated rings. The monoisotopic (exact) mass is 781 g/mol. The van der Waals surface area contributed by atoms with E-state index in [0.29, 0.717) is 5.69 Å². The molecular weight excluding hydrogens is 749 g/mol. The van der Waals surface area contributed by atoms with Crippen LogP contribution in [0.15, 0.2) is 126 Å². The van der Waals surface area contributed by atoms with Crippen molar-refractivity contribution in [1.82, 2.24) is 9.97 Å². The van der Waals surface area contributed by atoms with Gasteiger partial charge in [-0.05, 0) is 65.0 Å². The molecule has 0 unspecified atom stereocenters. The molecule has 0 aliphatic carbocycles. The Morgan fingerprint density at radius 2 is 1.42 bits per heavy atom. The number of aromatic nitrogens is 2. The van der Waals surface area contributed by atoms with Crippen LogP contribution in [0.25, 0.3) is 75.4 Å². The summed E-state index contributed by atoms with van der Waals surface area (Å²) in [5, 5.41) is 6.73. The predicted octanol–water partition coefficient (Wildman–Crippen LogP) is 11.1. The molecule has 219 valence electrons. The SMILES string of the molecule is [2H]C([2H])([2H])c1ccc(-c2[c-]cccc2)nc1.[2H]C([2H])([2H])c1ccnc(-c2[c-]ccc3c2sc2c3ccc3c2ccc2c4ccccc4oc23)c1.[Ir]. The average Bonchev–Trinajstić information content (AvgIpc) is 3.71. The van der Waals surface area contributed by atoms with Crippen LogP contribution < -0.4 is 0 Å². The van der Waals surface area contributed by atoms with Crippen molar-refractivity contribution in [3.05, 3.63) is 145 Å². The predicted molar refractivity (Wildman–Crippen MR) is 184 cm³/mol.